The number of carboxylic acids is 1. The van der Waals surface area contributed by atoms with Gasteiger partial charge < -0.3 is 20.5 Å². The number of rotatable bonds is 7. The maximum Gasteiger partial charge on any atom is 0.326 e. The van der Waals surface area contributed by atoms with Crippen LogP contribution in [0.15, 0.2) is 48.5 Å². The largest absolute Gasteiger partial charge is 0.497 e. The van der Waals surface area contributed by atoms with E-state index in [2.05, 4.69) is 10.6 Å². The first-order valence-electron chi connectivity index (χ1n) is 7.93. The minimum absolute atomic E-state index is 0.115. The molecule has 2 aromatic rings. The monoisotopic (exact) mass is 356 g/mol. The van der Waals surface area contributed by atoms with E-state index < -0.39 is 17.9 Å². The lowest BCUT2D eigenvalue weighted by Gasteiger charge is -2.15. The summed E-state index contributed by atoms with van der Waals surface area (Å²) in [6.45, 7) is 1.36. The summed E-state index contributed by atoms with van der Waals surface area (Å²) in [7, 11) is 1.53. The van der Waals surface area contributed by atoms with Gasteiger partial charge in [-0.05, 0) is 35.9 Å². The fraction of sp³-hybridized carbons (Fsp3) is 0.211. The van der Waals surface area contributed by atoms with E-state index in [1.807, 2.05) is 0 Å². The van der Waals surface area contributed by atoms with Crippen LogP contribution in [0, 0.1) is 0 Å². The van der Waals surface area contributed by atoms with Gasteiger partial charge in [-0.25, -0.2) is 4.79 Å². The molecule has 0 aliphatic carbocycles. The van der Waals surface area contributed by atoms with Gasteiger partial charge in [0, 0.05) is 24.6 Å². The van der Waals surface area contributed by atoms with E-state index in [0.29, 0.717) is 11.4 Å². The van der Waals surface area contributed by atoms with Gasteiger partial charge in [-0.2, -0.15) is 0 Å². The molecule has 0 spiro atoms. The highest BCUT2D eigenvalue weighted by Crippen LogP contribution is 2.15. The van der Waals surface area contributed by atoms with Crippen molar-refractivity contribution in [3.8, 4) is 5.75 Å². The molecule has 0 bridgehead atoms. The molecule has 0 heterocycles. The first kappa shape index (κ1) is 19.0. The fourth-order valence-electron chi connectivity index (χ4n) is 2.42. The molecule has 0 fully saturated rings. The SMILES string of the molecule is COc1cccc(C[C@@H](NC(=O)c2cccc(NC(C)=O)c2)C(=O)O)c1. The normalized spacial score (nSPS) is 11.3. The lowest BCUT2D eigenvalue weighted by atomic mass is 10.0. The third-order valence-electron chi connectivity index (χ3n) is 3.62. The number of methoxy groups -OCH3 is 1. The number of anilines is 1. The number of nitrogens with one attached hydrogen (secondary N) is 2. The number of carbonyl (C=O) groups is 3. The van der Waals surface area contributed by atoms with Gasteiger partial charge in [-0.1, -0.05) is 18.2 Å². The van der Waals surface area contributed by atoms with E-state index in [0.717, 1.165) is 5.56 Å². The van der Waals surface area contributed by atoms with Gasteiger partial charge in [0.1, 0.15) is 11.8 Å². The first-order chi connectivity index (χ1) is 12.4. The van der Waals surface area contributed by atoms with Crippen molar-refractivity contribution >= 4 is 23.5 Å². The maximum absolute atomic E-state index is 12.4. The summed E-state index contributed by atoms with van der Waals surface area (Å²) in [6.07, 6.45) is 0.115. The molecule has 2 aromatic carbocycles. The molecule has 0 saturated heterocycles. The zero-order valence-electron chi connectivity index (χ0n) is 14.5. The predicted octanol–water partition coefficient (Wildman–Crippen LogP) is 2.08. The Morgan fingerprint density at radius 3 is 2.50 bits per heavy atom. The summed E-state index contributed by atoms with van der Waals surface area (Å²) < 4.78 is 5.12. The Balaban J connectivity index is 2.12. The van der Waals surface area contributed by atoms with Gasteiger partial charge in [0.15, 0.2) is 0 Å². The molecule has 0 aliphatic heterocycles. The average molecular weight is 356 g/mol. The molecule has 2 amide bonds. The van der Waals surface area contributed by atoms with Crippen molar-refractivity contribution in [2.45, 2.75) is 19.4 Å². The third kappa shape index (κ3) is 5.34. The van der Waals surface area contributed by atoms with Gasteiger partial charge >= 0.3 is 5.97 Å². The van der Waals surface area contributed by atoms with E-state index in [9.17, 15) is 19.5 Å². The Hall–Kier alpha value is -3.35. The second kappa shape index (κ2) is 8.66. The zero-order chi connectivity index (χ0) is 19.1. The number of carboxylic acid groups (broad SMARTS) is 1. The van der Waals surface area contributed by atoms with E-state index in [1.165, 1.54) is 20.1 Å². The molecular weight excluding hydrogens is 336 g/mol. The first-order valence-corrected chi connectivity index (χ1v) is 7.93. The number of amides is 2. The van der Waals surface area contributed by atoms with E-state index >= 15 is 0 Å². The Kier molecular flexibility index (Phi) is 6.32. The van der Waals surface area contributed by atoms with E-state index in [-0.39, 0.29) is 17.9 Å². The summed E-state index contributed by atoms with van der Waals surface area (Å²) in [5.41, 5.74) is 1.45. The Bertz CT molecular complexity index is 819. The van der Waals surface area contributed by atoms with Crippen LogP contribution in [0.3, 0.4) is 0 Å². The minimum Gasteiger partial charge on any atom is -0.497 e. The molecule has 7 heteroatoms. The summed E-state index contributed by atoms with van der Waals surface area (Å²) in [6, 6.07) is 12.2. The van der Waals surface area contributed by atoms with E-state index in [4.69, 9.17) is 4.74 Å². The summed E-state index contributed by atoms with van der Waals surface area (Å²) in [4.78, 5) is 35.1. The Morgan fingerprint density at radius 2 is 1.85 bits per heavy atom. The highest BCUT2D eigenvalue weighted by Gasteiger charge is 2.21. The van der Waals surface area contributed by atoms with Crippen LogP contribution in [0.25, 0.3) is 0 Å². The van der Waals surface area contributed by atoms with Gasteiger partial charge in [0.05, 0.1) is 7.11 Å². The topological polar surface area (TPSA) is 105 Å². The molecule has 0 radical (unpaired) electrons. The number of benzene rings is 2. The lowest BCUT2D eigenvalue weighted by molar-refractivity contribution is -0.139. The smallest absolute Gasteiger partial charge is 0.326 e. The molecule has 0 aliphatic rings. The molecule has 0 unspecified atom stereocenters. The van der Waals surface area contributed by atoms with Gasteiger partial charge in [0.25, 0.3) is 5.91 Å². The molecule has 136 valence electrons. The molecule has 7 nitrogen and oxygen atoms in total. The quantitative estimate of drug-likeness (QED) is 0.704. The molecule has 2 rings (SSSR count). The summed E-state index contributed by atoms with van der Waals surface area (Å²) in [5, 5.41) is 14.5. The molecule has 0 aromatic heterocycles. The minimum atomic E-state index is -1.14. The number of carbonyl (C=O) groups excluding carboxylic acids is 2. The Labute approximate surface area is 151 Å². The predicted molar refractivity (Wildman–Crippen MR) is 96.3 cm³/mol. The van der Waals surface area contributed by atoms with Crippen LogP contribution < -0.4 is 15.4 Å². The number of ether oxygens (including phenoxy) is 1. The van der Waals surface area contributed by atoms with Crippen molar-refractivity contribution < 1.29 is 24.2 Å². The number of hydrogen-bond acceptors (Lipinski definition) is 4. The van der Waals surface area contributed by atoms with Crippen LogP contribution >= 0.6 is 0 Å². The molecule has 3 N–H and O–H groups in total. The number of hydrogen-bond donors (Lipinski definition) is 3. The molecule has 1 atom stereocenters. The highest BCUT2D eigenvalue weighted by atomic mass is 16.5. The fourth-order valence-corrected chi connectivity index (χ4v) is 2.42. The lowest BCUT2D eigenvalue weighted by Crippen LogP contribution is -2.42. The van der Waals surface area contributed by atoms with Crippen molar-refractivity contribution in [1.82, 2.24) is 5.32 Å². The van der Waals surface area contributed by atoms with Crippen molar-refractivity contribution in [2.75, 3.05) is 12.4 Å². The van der Waals surface area contributed by atoms with Gasteiger partial charge in [-0.15, -0.1) is 0 Å². The van der Waals surface area contributed by atoms with Crippen LogP contribution in [-0.4, -0.2) is 36.0 Å². The molecular formula is C19H20N2O5. The number of aliphatic carboxylic acids is 1. The van der Waals surface area contributed by atoms with Crippen LogP contribution in [0.1, 0.15) is 22.8 Å². The van der Waals surface area contributed by atoms with Crippen LogP contribution in [0.4, 0.5) is 5.69 Å². The third-order valence-corrected chi connectivity index (χ3v) is 3.62. The summed E-state index contributed by atoms with van der Waals surface area (Å²) in [5.74, 6) is -1.32. The van der Waals surface area contributed by atoms with Crippen LogP contribution in [0.2, 0.25) is 0 Å². The van der Waals surface area contributed by atoms with Gasteiger partial charge in [-0.3, -0.25) is 9.59 Å². The van der Waals surface area contributed by atoms with E-state index in [1.54, 1.807) is 42.5 Å². The highest BCUT2D eigenvalue weighted by molar-refractivity contribution is 5.98. The Morgan fingerprint density at radius 1 is 1.12 bits per heavy atom. The molecule has 0 saturated carbocycles. The van der Waals surface area contributed by atoms with Crippen molar-refractivity contribution in [3.63, 3.8) is 0 Å². The standard InChI is InChI=1S/C19H20N2O5/c1-12(22)20-15-7-4-6-14(11-15)18(23)21-17(19(24)25)10-13-5-3-8-16(9-13)26-2/h3-9,11,17H,10H2,1-2H3,(H,20,22)(H,21,23)(H,24,25)/t17-/m1/s1. The van der Waals surface area contributed by atoms with Crippen LogP contribution in [0.5, 0.6) is 5.75 Å². The second-order valence-electron chi connectivity index (χ2n) is 5.68. The summed E-state index contributed by atoms with van der Waals surface area (Å²) >= 11 is 0. The van der Waals surface area contributed by atoms with Crippen molar-refractivity contribution in [3.05, 3.63) is 59.7 Å². The second-order valence-corrected chi connectivity index (χ2v) is 5.68. The van der Waals surface area contributed by atoms with Gasteiger partial charge in [0.2, 0.25) is 5.91 Å². The maximum atomic E-state index is 12.4. The van der Waals surface area contributed by atoms with Crippen molar-refractivity contribution in [1.29, 1.82) is 0 Å². The van der Waals surface area contributed by atoms with Crippen LogP contribution in [-0.2, 0) is 16.0 Å². The zero-order valence-corrected chi connectivity index (χ0v) is 14.5. The molecule has 26 heavy (non-hydrogen) atoms. The van der Waals surface area contributed by atoms with Crippen molar-refractivity contribution in [2.24, 2.45) is 0 Å². The average Bonchev–Trinajstić information content (AvgIpc) is 2.60.